The molecule has 1 aliphatic carbocycles. The van der Waals surface area contributed by atoms with Crippen molar-refractivity contribution < 1.29 is 4.39 Å². The zero-order chi connectivity index (χ0) is 13.9. The van der Waals surface area contributed by atoms with Gasteiger partial charge in [0.25, 0.3) is 0 Å². The molecule has 1 nitrogen and oxygen atoms in total. The smallest absolute Gasteiger partial charge is 0.123 e. The lowest BCUT2D eigenvalue weighted by Crippen LogP contribution is -2.34. The molecule has 2 unspecified atom stereocenters. The van der Waals surface area contributed by atoms with Crippen molar-refractivity contribution in [3.63, 3.8) is 0 Å². The average Bonchev–Trinajstić information content (AvgIpc) is 2.72. The van der Waals surface area contributed by atoms with Crippen LogP contribution in [-0.2, 0) is 0 Å². The SMILES string of the molecule is CCCNC(c1ccc(F)cc1)C1CCCC1(C)C. The van der Waals surface area contributed by atoms with Gasteiger partial charge in [-0.1, -0.05) is 39.3 Å². The van der Waals surface area contributed by atoms with Gasteiger partial charge in [0.2, 0.25) is 0 Å². The molecule has 0 aliphatic heterocycles. The van der Waals surface area contributed by atoms with E-state index in [-0.39, 0.29) is 5.82 Å². The third kappa shape index (κ3) is 3.36. The fourth-order valence-electron chi connectivity index (χ4n) is 3.43. The van der Waals surface area contributed by atoms with Crippen LogP contribution in [0.15, 0.2) is 24.3 Å². The Kier molecular flexibility index (Phi) is 4.62. The van der Waals surface area contributed by atoms with E-state index in [4.69, 9.17) is 0 Å². The van der Waals surface area contributed by atoms with Gasteiger partial charge in [0.15, 0.2) is 0 Å². The number of hydrogen-bond donors (Lipinski definition) is 1. The molecule has 19 heavy (non-hydrogen) atoms. The minimum absolute atomic E-state index is 0.149. The fourth-order valence-corrected chi connectivity index (χ4v) is 3.43. The number of rotatable bonds is 5. The third-order valence-corrected chi connectivity index (χ3v) is 4.59. The van der Waals surface area contributed by atoms with Crippen LogP contribution >= 0.6 is 0 Å². The molecule has 0 radical (unpaired) electrons. The molecule has 0 heterocycles. The van der Waals surface area contributed by atoms with Crippen molar-refractivity contribution in [3.8, 4) is 0 Å². The maximum absolute atomic E-state index is 13.1. The molecule has 1 aromatic carbocycles. The topological polar surface area (TPSA) is 12.0 Å². The predicted octanol–water partition coefficient (Wildman–Crippen LogP) is 4.69. The Balaban J connectivity index is 2.22. The average molecular weight is 263 g/mol. The van der Waals surface area contributed by atoms with E-state index in [2.05, 4.69) is 26.1 Å². The summed E-state index contributed by atoms with van der Waals surface area (Å²) in [7, 11) is 0. The van der Waals surface area contributed by atoms with Crippen LogP contribution in [0, 0.1) is 17.2 Å². The van der Waals surface area contributed by atoms with E-state index in [0.29, 0.717) is 17.4 Å². The van der Waals surface area contributed by atoms with Crippen molar-refractivity contribution in [1.29, 1.82) is 0 Å². The zero-order valence-electron chi connectivity index (χ0n) is 12.4. The third-order valence-electron chi connectivity index (χ3n) is 4.59. The quantitative estimate of drug-likeness (QED) is 0.812. The molecule has 1 N–H and O–H groups in total. The summed E-state index contributed by atoms with van der Waals surface area (Å²) >= 11 is 0. The minimum atomic E-state index is -0.149. The van der Waals surface area contributed by atoms with Crippen molar-refractivity contribution in [2.75, 3.05) is 6.54 Å². The molecular formula is C17H26FN. The molecule has 2 atom stereocenters. The van der Waals surface area contributed by atoms with Crippen LogP contribution in [0.5, 0.6) is 0 Å². The van der Waals surface area contributed by atoms with E-state index in [1.54, 1.807) is 12.1 Å². The summed E-state index contributed by atoms with van der Waals surface area (Å²) in [5.41, 5.74) is 1.61. The Labute approximate surface area is 116 Å². The summed E-state index contributed by atoms with van der Waals surface area (Å²) in [4.78, 5) is 0. The van der Waals surface area contributed by atoms with E-state index in [1.165, 1.54) is 24.8 Å². The molecule has 0 aromatic heterocycles. The molecule has 2 heteroatoms. The summed E-state index contributed by atoms with van der Waals surface area (Å²) in [6.07, 6.45) is 5.00. The van der Waals surface area contributed by atoms with Crippen molar-refractivity contribution in [2.24, 2.45) is 11.3 Å². The highest BCUT2D eigenvalue weighted by atomic mass is 19.1. The van der Waals surface area contributed by atoms with Crippen molar-refractivity contribution >= 4 is 0 Å². The summed E-state index contributed by atoms with van der Waals surface area (Å²) in [6.45, 7) is 7.95. The largest absolute Gasteiger partial charge is 0.310 e. The van der Waals surface area contributed by atoms with E-state index in [9.17, 15) is 4.39 Å². The summed E-state index contributed by atoms with van der Waals surface area (Å²) in [6, 6.07) is 7.40. The second-order valence-electron chi connectivity index (χ2n) is 6.47. The van der Waals surface area contributed by atoms with Gasteiger partial charge < -0.3 is 5.32 Å². The zero-order valence-corrected chi connectivity index (χ0v) is 12.4. The first-order chi connectivity index (χ1) is 9.04. The minimum Gasteiger partial charge on any atom is -0.310 e. The summed E-state index contributed by atoms with van der Waals surface area (Å²) < 4.78 is 13.1. The fraction of sp³-hybridized carbons (Fsp3) is 0.647. The van der Waals surface area contributed by atoms with Crippen molar-refractivity contribution in [1.82, 2.24) is 5.32 Å². The number of nitrogens with one attached hydrogen (secondary N) is 1. The predicted molar refractivity (Wildman–Crippen MR) is 78.6 cm³/mol. The van der Waals surface area contributed by atoms with Crippen LogP contribution in [-0.4, -0.2) is 6.54 Å². The van der Waals surface area contributed by atoms with Crippen LogP contribution in [0.4, 0.5) is 4.39 Å². The monoisotopic (exact) mass is 263 g/mol. The lowest BCUT2D eigenvalue weighted by Gasteiger charge is -2.35. The number of halogens is 1. The number of benzene rings is 1. The molecule has 1 aliphatic rings. The molecule has 106 valence electrons. The molecule has 1 fully saturated rings. The highest BCUT2D eigenvalue weighted by Crippen LogP contribution is 2.48. The Hall–Kier alpha value is -0.890. The summed E-state index contributed by atoms with van der Waals surface area (Å²) in [5, 5.41) is 3.68. The standard InChI is InChI=1S/C17H26FN/c1-4-12-19-16(13-7-9-14(18)10-8-13)15-6-5-11-17(15,2)3/h7-10,15-16,19H,4-6,11-12H2,1-3H3. The van der Waals surface area contributed by atoms with E-state index < -0.39 is 0 Å². The molecule has 2 rings (SSSR count). The van der Waals surface area contributed by atoms with Gasteiger partial charge in [0, 0.05) is 6.04 Å². The molecule has 0 spiro atoms. The van der Waals surface area contributed by atoms with Crippen molar-refractivity contribution in [3.05, 3.63) is 35.6 Å². The van der Waals surface area contributed by atoms with Crippen molar-refractivity contribution in [2.45, 2.75) is 52.5 Å². The maximum Gasteiger partial charge on any atom is 0.123 e. The van der Waals surface area contributed by atoms with Gasteiger partial charge in [0.05, 0.1) is 0 Å². The molecule has 1 aromatic rings. The van der Waals surface area contributed by atoms with Gasteiger partial charge in [-0.05, 0) is 54.8 Å². The second-order valence-corrected chi connectivity index (χ2v) is 6.47. The Morgan fingerprint density at radius 3 is 2.53 bits per heavy atom. The lowest BCUT2D eigenvalue weighted by atomic mass is 9.75. The van der Waals surface area contributed by atoms with Crippen LogP contribution in [0.25, 0.3) is 0 Å². The molecule has 0 bridgehead atoms. The molecule has 1 saturated carbocycles. The first-order valence-electron chi connectivity index (χ1n) is 7.53. The van der Waals surface area contributed by atoms with Gasteiger partial charge in [-0.15, -0.1) is 0 Å². The van der Waals surface area contributed by atoms with Gasteiger partial charge in [-0.25, -0.2) is 4.39 Å². The highest BCUT2D eigenvalue weighted by molar-refractivity contribution is 5.22. The van der Waals surface area contributed by atoms with Gasteiger partial charge in [-0.2, -0.15) is 0 Å². The van der Waals surface area contributed by atoms with E-state index in [1.807, 2.05) is 12.1 Å². The molecule has 0 saturated heterocycles. The summed E-state index contributed by atoms with van der Waals surface area (Å²) in [5.74, 6) is 0.494. The number of hydrogen-bond acceptors (Lipinski definition) is 1. The van der Waals surface area contributed by atoms with Crippen LogP contribution in [0.1, 0.15) is 58.1 Å². The van der Waals surface area contributed by atoms with Gasteiger partial charge in [0.1, 0.15) is 5.82 Å². The van der Waals surface area contributed by atoms with E-state index >= 15 is 0 Å². The normalized spacial score (nSPS) is 23.5. The van der Waals surface area contributed by atoms with Crippen LogP contribution < -0.4 is 5.32 Å². The van der Waals surface area contributed by atoms with Crippen LogP contribution in [0.3, 0.4) is 0 Å². The lowest BCUT2D eigenvalue weighted by molar-refractivity contribution is 0.197. The first-order valence-corrected chi connectivity index (χ1v) is 7.53. The second kappa shape index (κ2) is 6.04. The maximum atomic E-state index is 13.1. The van der Waals surface area contributed by atoms with Gasteiger partial charge >= 0.3 is 0 Å². The Bertz CT molecular complexity index is 396. The molecular weight excluding hydrogens is 237 g/mol. The van der Waals surface area contributed by atoms with Crippen LogP contribution in [0.2, 0.25) is 0 Å². The van der Waals surface area contributed by atoms with Gasteiger partial charge in [-0.3, -0.25) is 0 Å². The Morgan fingerprint density at radius 1 is 1.32 bits per heavy atom. The molecule has 0 amide bonds. The Morgan fingerprint density at radius 2 is 2.00 bits per heavy atom. The highest BCUT2D eigenvalue weighted by Gasteiger charge is 2.39. The van der Waals surface area contributed by atoms with E-state index in [0.717, 1.165) is 13.0 Å². The first kappa shape index (κ1) is 14.5.